The molecule has 0 atom stereocenters. The lowest BCUT2D eigenvalue weighted by molar-refractivity contribution is 0.206. The van der Waals surface area contributed by atoms with Crippen LogP contribution in [-0.2, 0) is 15.9 Å². The molecule has 4 N–H and O–H groups in total. The van der Waals surface area contributed by atoms with Crippen molar-refractivity contribution in [1.29, 1.82) is 0 Å². The van der Waals surface area contributed by atoms with Crippen LogP contribution in [0.25, 0.3) is 11.1 Å². The molecule has 4 bridgehead atoms. The van der Waals surface area contributed by atoms with Gasteiger partial charge in [0.05, 0.1) is 12.8 Å². The van der Waals surface area contributed by atoms with Crippen molar-refractivity contribution >= 4 is 33.7 Å². The summed E-state index contributed by atoms with van der Waals surface area (Å²) in [7, 11) is -3.10. The minimum atomic E-state index is -3.10. The first-order valence-corrected chi connectivity index (χ1v) is 12.7. The molecule has 4 rings (SSSR count). The van der Waals surface area contributed by atoms with Gasteiger partial charge in [0, 0.05) is 29.5 Å². The average molecular weight is 492 g/mol. The van der Waals surface area contributed by atoms with E-state index in [1.807, 2.05) is 0 Å². The molecule has 0 spiro atoms. The summed E-state index contributed by atoms with van der Waals surface area (Å²) < 4.78 is 48.1. The highest BCUT2D eigenvalue weighted by Gasteiger charge is 2.16. The molecule has 9 nitrogen and oxygen atoms in total. The fourth-order valence-electron chi connectivity index (χ4n) is 3.55. The maximum Gasteiger partial charge on any atom is 0.437 e. The van der Waals surface area contributed by atoms with E-state index in [2.05, 4.69) is 25.0 Å². The normalized spacial score (nSPS) is 13.9. The molecule has 34 heavy (non-hydrogen) atoms. The van der Waals surface area contributed by atoms with E-state index < -0.39 is 27.8 Å². The lowest BCUT2D eigenvalue weighted by atomic mass is 10.0. The van der Waals surface area contributed by atoms with E-state index in [9.17, 15) is 18.1 Å². The summed E-state index contributed by atoms with van der Waals surface area (Å²) in [6, 6.07) is 8.69. The van der Waals surface area contributed by atoms with Crippen LogP contribution in [0.1, 0.15) is 12.0 Å². The third-order valence-corrected chi connectivity index (χ3v) is 6.46. The number of aromatic nitrogens is 2. The number of fused-ring (bicyclic) bond motifs is 6. The fourth-order valence-corrected chi connectivity index (χ4v) is 4.87. The summed E-state index contributed by atoms with van der Waals surface area (Å²) in [6.45, 7) is 0.703. The Balaban J connectivity index is 1.76. The first kappa shape index (κ1) is 23.5. The average Bonchev–Trinajstić information content (AvgIpc) is 2.73. The third-order valence-electron chi connectivity index (χ3n) is 4.90. The third kappa shape index (κ3) is 5.83. The first-order valence-electron chi connectivity index (χ1n) is 10.3. The lowest BCUT2D eigenvalue weighted by Gasteiger charge is -2.19. The van der Waals surface area contributed by atoms with E-state index in [1.165, 1.54) is 30.5 Å². The topological polar surface area (TPSA) is 129 Å². The Hall–Kier alpha value is -3.64. The Morgan fingerprint density at radius 2 is 1.97 bits per heavy atom. The molecule has 0 aliphatic carbocycles. The highest BCUT2D eigenvalue weighted by molar-refractivity contribution is 7.98. The summed E-state index contributed by atoms with van der Waals surface area (Å²) in [4.78, 5) is 19.5. The number of hydrogen-bond donors (Lipinski definition) is 5. The number of ether oxygens (including phenoxy) is 1. The number of carbonyl (C=O) groups is 1. The van der Waals surface area contributed by atoms with Gasteiger partial charge in [-0.25, -0.2) is 23.5 Å². The molecule has 0 unspecified atom stereocenters. The molecule has 2 aromatic heterocycles. The number of halogens is 2. The Morgan fingerprint density at radius 3 is 2.76 bits per heavy atom. The molecule has 12 heteroatoms. The molecule has 1 aliphatic heterocycles. The van der Waals surface area contributed by atoms with Crippen LogP contribution in [0.4, 0.5) is 31.0 Å². The van der Waals surface area contributed by atoms with E-state index >= 15 is 0 Å². The number of rotatable bonds is 2. The van der Waals surface area contributed by atoms with Gasteiger partial charge in [0.1, 0.15) is 34.8 Å². The lowest BCUT2D eigenvalue weighted by Crippen LogP contribution is -2.14. The monoisotopic (exact) mass is 491 g/mol. The van der Waals surface area contributed by atoms with Gasteiger partial charge in [-0.3, -0.25) is 0 Å². The molecule has 0 saturated heterocycles. The number of carboxylic acid groups (broad SMARTS) is 1. The molecular formula is C22H23F2N5O4S. The minimum Gasteiger partial charge on any atom is -0.493 e. The van der Waals surface area contributed by atoms with Crippen LogP contribution < -0.4 is 15.4 Å². The number of anilines is 3. The van der Waals surface area contributed by atoms with Gasteiger partial charge in [-0.15, -0.1) is 0 Å². The van der Waals surface area contributed by atoms with Crippen molar-refractivity contribution in [2.45, 2.75) is 12.2 Å². The second-order valence-electron chi connectivity index (χ2n) is 7.82. The number of nitrogens with one attached hydrogen (secondary N) is 2. The number of pyridine rings is 2. The molecular weight excluding hydrogens is 468 g/mol. The van der Waals surface area contributed by atoms with Gasteiger partial charge in [-0.2, -0.15) is 4.36 Å². The maximum absolute atomic E-state index is 14.7. The van der Waals surface area contributed by atoms with Crippen LogP contribution in [0.3, 0.4) is 0 Å². The van der Waals surface area contributed by atoms with Crippen LogP contribution in [0.5, 0.6) is 5.75 Å². The Morgan fingerprint density at radius 1 is 1.18 bits per heavy atom. The van der Waals surface area contributed by atoms with Crippen molar-refractivity contribution in [3.63, 3.8) is 0 Å². The van der Waals surface area contributed by atoms with Gasteiger partial charge in [0.2, 0.25) is 0 Å². The van der Waals surface area contributed by atoms with Gasteiger partial charge in [0.25, 0.3) is 0 Å². The second kappa shape index (κ2) is 9.69. The van der Waals surface area contributed by atoms with Crippen LogP contribution in [0, 0.1) is 11.6 Å². The molecule has 180 valence electrons. The van der Waals surface area contributed by atoms with Gasteiger partial charge < -0.3 is 25.0 Å². The standard InChI is InChI=1S/C22H23F2N5O4S/c1-34(32,29-22(30)31)12-13-7-19-25-5-2-6-33-18-9-14(23)3-4-15(18)16-10-20(26-11-17(16)24)28-21(8-13)27-19/h3-4,7-11,34H,2,5-6,12H2,1H3,(H,29,32)(H,30,31)(H2,25,26,27,28). The molecule has 0 radical (unpaired) electrons. The van der Waals surface area contributed by atoms with Crippen LogP contribution >= 0.6 is 0 Å². The summed E-state index contributed by atoms with van der Waals surface area (Å²) in [6.07, 6.45) is 1.55. The smallest absolute Gasteiger partial charge is 0.437 e. The minimum absolute atomic E-state index is 0.0231. The number of benzene rings is 1. The van der Waals surface area contributed by atoms with Crippen molar-refractivity contribution in [3.8, 4) is 16.9 Å². The fraction of sp³-hybridized carbons (Fsp3) is 0.227. The van der Waals surface area contributed by atoms with E-state index in [-0.39, 0.29) is 29.5 Å². The summed E-state index contributed by atoms with van der Waals surface area (Å²) >= 11 is 0. The van der Waals surface area contributed by atoms with Crippen molar-refractivity contribution in [2.75, 3.05) is 30.0 Å². The number of hydrogen-bond acceptors (Lipinski definition) is 6. The molecule has 0 fully saturated rings. The number of thiol groups is 1. The Bertz CT molecular complexity index is 1300. The van der Waals surface area contributed by atoms with Crippen LogP contribution in [0.15, 0.2) is 47.0 Å². The molecule has 1 aromatic carbocycles. The van der Waals surface area contributed by atoms with Crippen molar-refractivity contribution in [1.82, 2.24) is 9.97 Å². The van der Waals surface area contributed by atoms with Crippen molar-refractivity contribution in [3.05, 3.63) is 59.8 Å². The van der Waals surface area contributed by atoms with Crippen LogP contribution in [0.2, 0.25) is 0 Å². The predicted octanol–water partition coefficient (Wildman–Crippen LogP) is 4.71. The van der Waals surface area contributed by atoms with E-state index in [0.29, 0.717) is 35.7 Å². The molecule has 3 aromatic rings. The highest BCUT2D eigenvalue weighted by atomic mass is 32.3. The molecule has 1 aliphatic rings. The van der Waals surface area contributed by atoms with Gasteiger partial charge in [0.15, 0.2) is 0 Å². The highest BCUT2D eigenvalue weighted by Crippen LogP contribution is 2.34. The Labute approximate surface area is 195 Å². The Kier molecular flexibility index (Phi) is 6.70. The van der Waals surface area contributed by atoms with E-state index in [4.69, 9.17) is 9.84 Å². The van der Waals surface area contributed by atoms with E-state index in [0.717, 1.165) is 6.20 Å². The van der Waals surface area contributed by atoms with Gasteiger partial charge in [-0.1, -0.05) is 10.1 Å². The summed E-state index contributed by atoms with van der Waals surface area (Å²) in [5.41, 5.74) is 1.16. The quantitative estimate of drug-likeness (QED) is 0.326. The van der Waals surface area contributed by atoms with Crippen molar-refractivity contribution in [2.24, 2.45) is 4.36 Å². The number of amides is 1. The van der Waals surface area contributed by atoms with Crippen molar-refractivity contribution < 1.29 is 28.0 Å². The molecule has 0 saturated carbocycles. The van der Waals surface area contributed by atoms with Gasteiger partial charge >= 0.3 is 6.09 Å². The van der Waals surface area contributed by atoms with Crippen LogP contribution in [-0.4, -0.2) is 45.1 Å². The SMILES string of the molecule is C[SH](O)(Cc1cc2nc(c1)Nc1cc(c(F)cn1)-c1ccc(F)cc1OCCCN2)=NC(=O)O. The first-order chi connectivity index (χ1) is 16.2. The summed E-state index contributed by atoms with van der Waals surface area (Å²) in [5.74, 6) is 0.251. The second-order valence-corrected chi connectivity index (χ2v) is 10.5. The zero-order valence-electron chi connectivity index (χ0n) is 18.1. The largest absolute Gasteiger partial charge is 0.493 e. The summed E-state index contributed by atoms with van der Waals surface area (Å²) in [5, 5.41) is 15.1. The zero-order chi connectivity index (χ0) is 24.3. The number of nitrogens with zero attached hydrogens (tertiary/aromatic N) is 3. The molecule has 3 heterocycles. The maximum atomic E-state index is 14.7. The zero-order valence-corrected chi connectivity index (χ0v) is 19.0. The molecule has 1 amide bonds. The van der Waals surface area contributed by atoms with E-state index in [1.54, 1.807) is 12.1 Å². The predicted molar refractivity (Wildman–Crippen MR) is 127 cm³/mol. The van der Waals surface area contributed by atoms with Gasteiger partial charge in [-0.05, 0) is 48.6 Å².